The molecule has 0 aliphatic carbocycles. The van der Waals surface area contributed by atoms with Crippen molar-refractivity contribution in [1.82, 2.24) is 0 Å². The second-order valence-corrected chi connectivity index (χ2v) is 5.68. The van der Waals surface area contributed by atoms with E-state index in [1.807, 2.05) is 0 Å². The minimum atomic E-state index is -0.946. The molecular weight excluding hydrogens is 337 g/mol. The summed E-state index contributed by atoms with van der Waals surface area (Å²) in [5, 5.41) is 0.523. The number of esters is 1. The van der Waals surface area contributed by atoms with Gasteiger partial charge in [0.25, 0.3) is 0 Å². The minimum Gasteiger partial charge on any atom is -0.450 e. The van der Waals surface area contributed by atoms with Gasteiger partial charge in [-0.1, -0.05) is 11.6 Å². The maximum atomic E-state index is 12.5. The first-order valence-electron chi connectivity index (χ1n) is 6.93. The second kappa shape index (κ2) is 7.99. The van der Waals surface area contributed by atoms with Gasteiger partial charge in [-0.2, -0.15) is 0 Å². The highest BCUT2D eigenvalue weighted by molar-refractivity contribution is 6.30. The lowest BCUT2D eigenvalue weighted by Gasteiger charge is -2.16. The molecule has 0 saturated heterocycles. The third kappa shape index (κ3) is 4.71. The first-order valence-corrected chi connectivity index (χ1v) is 7.85. The molecule has 0 bridgehead atoms. The number of ether oxygens (including phenoxy) is 1. The van der Waals surface area contributed by atoms with Crippen LogP contribution in [0.1, 0.15) is 27.1 Å². The van der Waals surface area contributed by atoms with Gasteiger partial charge in [0.1, 0.15) is 0 Å². The Hall–Kier alpha value is -2.04. The number of nitrogen functional groups attached to an aromatic ring is 1. The van der Waals surface area contributed by atoms with Crippen LogP contribution in [0.15, 0.2) is 48.5 Å². The molecule has 0 radical (unpaired) electrons. The van der Waals surface area contributed by atoms with Gasteiger partial charge in [0.05, 0.1) is 5.56 Å². The summed E-state index contributed by atoms with van der Waals surface area (Å²) >= 11 is 11.5. The molecule has 0 amide bonds. The van der Waals surface area contributed by atoms with Crippen LogP contribution < -0.4 is 5.73 Å². The Morgan fingerprint density at radius 3 is 2.13 bits per heavy atom. The smallest absolute Gasteiger partial charge is 0.338 e. The standard InChI is InChI=1S/C17H15Cl2NO3/c18-10-9-15(16(21)11-1-5-13(19)6-2-11)23-17(22)12-3-7-14(20)8-4-12/h1-8,15H,9-10,20H2. The van der Waals surface area contributed by atoms with E-state index in [2.05, 4.69) is 0 Å². The molecule has 1 unspecified atom stereocenters. The Balaban J connectivity index is 2.14. The monoisotopic (exact) mass is 351 g/mol. The molecule has 6 heteroatoms. The van der Waals surface area contributed by atoms with E-state index >= 15 is 0 Å². The van der Waals surface area contributed by atoms with E-state index in [0.29, 0.717) is 21.8 Å². The summed E-state index contributed by atoms with van der Waals surface area (Å²) in [6.07, 6.45) is -0.720. The fraction of sp³-hybridized carbons (Fsp3) is 0.176. The average Bonchev–Trinajstić information content (AvgIpc) is 2.55. The molecule has 0 heterocycles. The van der Waals surface area contributed by atoms with E-state index in [1.165, 1.54) is 0 Å². The van der Waals surface area contributed by atoms with Crippen molar-refractivity contribution in [2.24, 2.45) is 0 Å². The number of alkyl halides is 1. The van der Waals surface area contributed by atoms with Crippen LogP contribution >= 0.6 is 23.2 Å². The summed E-state index contributed by atoms with van der Waals surface area (Å²) < 4.78 is 5.32. The van der Waals surface area contributed by atoms with Crippen LogP contribution in [0.4, 0.5) is 5.69 Å². The van der Waals surface area contributed by atoms with Crippen LogP contribution in [0, 0.1) is 0 Å². The van der Waals surface area contributed by atoms with Gasteiger partial charge >= 0.3 is 5.97 Å². The van der Waals surface area contributed by atoms with Crippen LogP contribution in [-0.2, 0) is 4.74 Å². The van der Waals surface area contributed by atoms with Crippen molar-refractivity contribution in [3.05, 3.63) is 64.7 Å². The molecule has 0 aromatic heterocycles. The highest BCUT2D eigenvalue weighted by atomic mass is 35.5. The number of hydrogen-bond donors (Lipinski definition) is 1. The van der Waals surface area contributed by atoms with Crippen molar-refractivity contribution in [2.45, 2.75) is 12.5 Å². The average molecular weight is 352 g/mol. The topological polar surface area (TPSA) is 69.4 Å². The number of anilines is 1. The number of halogens is 2. The van der Waals surface area contributed by atoms with Gasteiger partial charge in [0.2, 0.25) is 5.78 Å². The van der Waals surface area contributed by atoms with Crippen molar-refractivity contribution in [1.29, 1.82) is 0 Å². The molecule has 2 aromatic carbocycles. The maximum absolute atomic E-state index is 12.5. The van der Waals surface area contributed by atoms with Gasteiger partial charge in [-0.15, -0.1) is 11.6 Å². The molecule has 2 aromatic rings. The number of ketones is 1. The van der Waals surface area contributed by atoms with Crippen LogP contribution in [0.25, 0.3) is 0 Å². The Morgan fingerprint density at radius 1 is 1.00 bits per heavy atom. The molecule has 0 aliphatic heterocycles. The fourth-order valence-electron chi connectivity index (χ4n) is 1.96. The van der Waals surface area contributed by atoms with E-state index in [0.717, 1.165) is 0 Å². The van der Waals surface area contributed by atoms with Crippen molar-refractivity contribution in [3.8, 4) is 0 Å². The molecule has 0 spiro atoms. The predicted molar refractivity (Wildman–Crippen MR) is 91.2 cm³/mol. The lowest BCUT2D eigenvalue weighted by Crippen LogP contribution is -2.28. The van der Waals surface area contributed by atoms with E-state index in [9.17, 15) is 9.59 Å². The summed E-state index contributed by atoms with van der Waals surface area (Å²) in [5.41, 5.74) is 6.85. The summed E-state index contributed by atoms with van der Waals surface area (Å²) in [4.78, 5) is 24.6. The Labute approximate surface area is 144 Å². The molecule has 0 fully saturated rings. The molecule has 2 N–H and O–H groups in total. The van der Waals surface area contributed by atoms with E-state index in [1.54, 1.807) is 48.5 Å². The summed E-state index contributed by atoms with van der Waals surface area (Å²) in [7, 11) is 0. The summed E-state index contributed by atoms with van der Waals surface area (Å²) in [6.45, 7) is 0. The summed E-state index contributed by atoms with van der Waals surface area (Å²) in [5.74, 6) is -0.715. The predicted octanol–water partition coefficient (Wildman–Crippen LogP) is 3.96. The first-order chi connectivity index (χ1) is 11.0. The van der Waals surface area contributed by atoms with Crippen LogP contribution in [0.5, 0.6) is 0 Å². The molecule has 4 nitrogen and oxygen atoms in total. The zero-order chi connectivity index (χ0) is 16.8. The third-order valence-corrected chi connectivity index (χ3v) is 3.66. The normalized spacial score (nSPS) is 11.7. The van der Waals surface area contributed by atoms with Gasteiger partial charge in [-0.05, 0) is 48.5 Å². The van der Waals surface area contributed by atoms with Crippen LogP contribution in [0.2, 0.25) is 5.02 Å². The number of Topliss-reactive ketones (excluding diaryl/α,β-unsaturated/α-hetero) is 1. The van der Waals surface area contributed by atoms with Crippen molar-refractivity contribution in [2.75, 3.05) is 11.6 Å². The summed E-state index contributed by atoms with van der Waals surface area (Å²) in [6, 6.07) is 12.7. The largest absolute Gasteiger partial charge is 0.450 e. The molecular formula is C17H15Cl2NO3. The lowest BCUT2D eigenvalue weighted by molar-refractivity contribution is 0.0278. The van der Waals surface area contributed by atoms with Crippen LogP contribution in [-0.4, -0.2) is 23.7 Å². The lowest BCUT2D eigenvalue weighted by atomic mass is 10.0. The molecule has 1 atom stereocenters. The molecule has 23 heavy (non-hydrogen) atoms. The minimum absolute atomic E-state index is 0.193. The van der Waals surface area contributed by atoms with E-state index in [-0.39, 0.29) is 18.1 Å². The van der Waals surface area contributed by atoms with Crippen LogP contribution in [0.3, 0.4) is 0 Å². The number of benzene rings is 2. The highest BCUT2D eigenvalue weighted by Crippen LogP contribution is 2.16. The van der Waals surface area contributed by atoms with Gasteiger partial charge in [0, 0.05) is 28.6 Å². The highest BCUT2D eigenvalue weighted by Gasteiger charge is 2.24. The van der Waals surface area contributed by atoms with Crippen molar-refractivity contribution in [3.63, 3.8) is 0 Å². The van der Waals surface area contributed by atoms with Crippen molar-refractivity contribution < 1.29 is 14.3 Å². The van der Waals surface area contributed by atoms with E-state index < -0.39 is 12.1 Å². The van der Waals surface area contributed by atoms with Gasteiger partial charge in [-0.3, -0.25) is 4.79 Å². The Kier molecular flexibility index (Phi) is 6.02. The Morgan fingerprint density at radius 2 is 1.57 bits per heavy atom. The molecule has 0 aliphatic rings. The second-order valence-electron chi connectivity index (χ2n) is 4.86. The zero-order valence-corrected chi connectivity index (χ0v) is 13.7. The number of carbonyl (C=O) groups excluding carboxylic acids is 2. The van der Waals surface area contributed by atoms with Crippen molar-refractivity contribution >= 4 is 40.6 Å². The Bertz CT molecular complexity index is 684. The zero-order valence-electron chi connectivity index (χ0n) is 12.2. The number of hydrogen-bond acceptors (Lipinski definition) is 4. The van der Waals surface area contributed by atoms with Gasteiger partial charge in [-0.25, -0.2) is 4.79 Å². The number of rotatable bonds is 6. The van der Waals surface area contributed by atoms with Gasteiger partial charge < -0.3 is 10.5 Å². The molecule has 120 valence electrons. The van der Waals surface area contributed by atoms with Gasteiger partial charge in [0.15, 0.2) is 6.10 Å². The molecule has 2 rings (SSSR count). The quantitative estimate of drug-likeness (QED) is 0.370. The first kappa shape index (κ1) is 17.3. The van der Waals surface area contributed by atoms with E-state index in [4.69, 9.17) is 33.7 Å². The number of carbonyl (C=O) groups is 2. The SMILES string of the molecule is Nc1ccc(C(=O)OC(CCCl)C(=O)c2ccc(Cl)cc2)cc1. The molecule has 0 saturated carbocycles. The fourth-order valence-corrected chi connectivity index (χ4v) is 2.28. The number of nitrogens with two attached hydrogens (primary N) is 1. The maximum Gasteiger partial charge on any atom is 0.338 e. The third-order valence-electron chi connectivity index (χ3n) is 3.19.